The smallest absolute Gasteiger partial charge is 0.103 e. The van der Waals surface area contributed by atoms with Crippen LogP contribution in [0.2, 0.25) is 0 Å². The molecule has 27 heavy (non-hydrogen) atoms. The molecule has 0 bridgehead atoms. The molecule has 4 N–H and O–H groups in total. The van der Waals surface area contributed by atoms with Crippen LogP contribution in [0.4, 0.5) is 5.69 Å². The zero-order valence-corrected chi connectivity index (χ0v) is 15.7. The summed E-state index contributed by atoms with van der Waals surface area (Å²) in [5.41, 5.74) is 18.0. The molecule has 1 atom stereocenters. The van der Waals surface area contributed by atoms with Crippen molar-refractivity contribution in [3.63, 3.8) is 0 Å². The van der Waals surface area contributed by atoms with E-state index >= 15 is 0 Å². The SMILES string of the molecule is Nc1ccc(-c2cccc3c2C=CN(CCCN2CCOCC2)C3N)cc1. The van der Waals surface area contributed by atoms with Gasteiger partial charge in [0, 0.05) is 38.1 Å². The van der Waals surface area contributed by atoms with Crippen LogP contribution in [0.5, 0.6) is 0 Å². The third kappa shape index (κ3) is 4.00. The van der Waals surface area contributed by atoms with Crippen LogP contribution in [0.25, 0.3) is 17.2 Å². The maximum absolute atomic E-state index is 6.60. The highest BCUT2D eigenvalue weighted by Gasteiger charge is 2.22. The first-order valence-corrected chi connectivity index (χ1v) is 9.71. The molecule has 2 aromatic carbocycles. The highest BCUT2D eigenvalue weighted by molar-refractivity contribution is 5.78. The summed E-state index contributed by atoms with van der Waals surface area (Å²) in [6, 6.07) is 14.4. The number of hydrogen-bond acceptors (Lipinski definition) is 5. The van der Waals surface area contributed by atoms with E-state index in [0.717, 1.165) is 51.5 Å². The van der Waals surface area contributed by atoms with Crippen LogP contribution in [0.3, 0.4) is 0 Å². The number of ether oxygens (including phenoxy) is 1. The quantitative estimate of drug-likeness (QED) is 0.799. The van der Waals surface area contributed by atoms with Gasteiger partial charge < -0.3 is 21.1 Å². The molecule has 5 heteroatoms. The highest BCUT2D eigenvalue weighted by Crippen LogP contribution is 2.34. The summed E-state index contributed by atoms with van der Waals surface area (Å²) in [6.45, 7) is 5.83. The standard InChI is InChI=1S/C22H28N4O/c23-18-7-5-17(6-8-18)19-3-1-4-21-20(19)9-12-26(22(21)24)11-2-10-25-13-15-27-16-14-25/h1,3-9,12,22H,2,10-11,13-16,23-24H2. The van der Waals surface area contributed by atoms with Crippen molar-refractivity contribution in [3.05, 3.63) is 59.8 Å². The molecular weight excluding hydrogens is 336 g/mol. The summed E-state index contributed by atoms with van der Waals surface area (Å²) in [7, 11) is 0. The molecule has 2 aromatic rings. The largest absolute Gasteiger partial charge is 0.399 e. The van der Waals surface area contributed by atoms with Crippen LogP contribution < -0.4 is 11.5 Å². The average Bonchev–Trinajstić information content (AvgIpc) is 2.71. The van der Waals surface area contributed by atoms with Gasteiger partial charge in [-0.25, -0.2) is 0 Å². The fourth-order valence-corrected chi connectivity index (χ4v) is 3.90. The van der Waals surface area contributed by atoms with Gasteiger partial charge in [-0.15, -0.1) is 0 Å². The molecule has 142 valence electrons. The van der Waals surface area contributed by atoms with Crippen molar-refractivity contribution < 1.29 is 4.74 Å². The number of nitrogen functional groups attached to an aromatic ring is 1. The van der Waals surface area contributed by atoms with Gasteiger partial charge in [-0.2, -0.15) is 0 Å². The van der Waals surface area contributed by atoms with Crippen molar-refractivity contribution in [2.24, 2.45) is 5.73 Å². The summed E-state index contributed by atoms with van der Waals surface area (Å²) in [5, 5.41) is 0. The lowest BCUT2D eigenvalue weighted by atomic mass is 9.92. The molecular formula is C22H28N4O. The average molecular weight is 364 g/mol. The Balaban J connectivity index is 1.46. The topological polar surface area (TPSA) is 67.8 Å². The maximum Gasteiger partial charge on any atom is 0.103 e. The summed E-state index contributed by atoms with van der Waals surface area (Å²) in [6.07, 6.45) is 5.33. The van der Waals surface area contributed by atoms with Gasteiger partial charge in [0.1, 0.15) is 6.17 Å². The number of benzene rings is 2. The summed E-state index contributed by atoms with van der Waals surface area (Å²) < 4.78 is 5.42. The fourth-order valence-electron chi connectivity index (χ4n) is 3.90. The summed E-state index contributed by atoms with van der Waals surface area (Å²) >= 11 is 0. The molecule has 0 saturated carbocycles. The van der Waals surface area contributed by atoms with E-state index in [2.05, 4.69) is 52.4 Å². The van der Waals surface area contributed by atoms with E-state index in [1.807, 2.05) is 12.1 Å². The lowest BCUT2D eigenvalue weighted by Crippen LogP contribution is -2.39. The zero-order valence-electron chi connectivity index (χ0n) is 15.7. The molecule has 2 aliphatic heterocycles. The van der Waals surface area contributed by atoms with E-state index in [4.69, 9.17) is 16.2 Å². The number of nitrogens with zero attached hydrogens (tertiary/aromatic N) is 2. The fraction of sp³-hybridized carbons (Fsp3) is 0.364. The Bertz CT molecular complexity index is 796. The summed E-state index contributed by atoms with van der Waals surface area (Å²) in [5.74, 6) is 0. The maximum atomic E-state index is 6.60. The second kappa shape index (κ2) is 8.13. The first-order valence-electron chi connectivity index (χ1n) is 9.71. The number of anilines is 1. The van der Waals surface area contributed by atoms with Crippen LogP contribution in [-0.2, 0) is 4.74 Å². The van der Waals surface area contributed by atoms with Crippen molar-refractivity contribution in [1.82, 2.24) is 9.80 Å². The lowest BCUT2D eigenvalue weighted by molar-refractivity contribution is 0.0362. The van der Waals surface area contributed by atoms with Crippen molar-refractivity contribution >= 4 is 11.8 Å². The van der Waals surface area contributed by atoms with Gasteiger partial charge in [-0.1, -0.05) is 30.3 Å². The first kappa shape index (κ1) is 18.0. The molecule has 0 amide bonds. The Morgan fingerprint density at radius 3 is 2.56 bits per heavy atom. The molecule has 1 fully saturated rings. The molecule has 1 saturated heterocycles. The van der Waals surface area contributed by atoms with E-state index in [-0.39, 0.29) is 6.17 Å². The van der Waals surface area contributed by atoms with Gasteiger partial charge in [0.15, 0.2) is 0 Å². The lowest BCUT2D eigenvalue weighted by Gasteiger charge is -2.34. The van der Waals surface area contributed by atoms with E-state index < -0.39 is 0 Å². The normalized spacial score (nSPS) is 19.9. The summed E-state index contributed by atoms with van der Waals surface area (Å²) in [4.78, 5) is 4.71. The first-order chi connectivity index (χ1) is 13.2. The number of nitrogens with two attached hydrogens (primary N) is 2. The van der Waals surface area contributed by atoms with E-state index in [9.17, 15) is 0 Å². The third-order valence-electron chi connectivity index (χ3n) is 5.46. The molecule has 0 aliphatic carbocycles. The van der Waals surface area contributed by atoms with Crippen molar-refractivity contribution in [2.75, 3.05) is 45.1 Å². The Hall–Kier alpha value is -2.34. The molecule has 2 aliphatic rings. The minimum atomic E-state index is -0.108. The van der Waals surface area contributed by atoms with Gasteiger partial charge in [0.05, 0.1) is 13.2 Å². The second-order valence-corrected chi connectivity index (χ2v) is 7.24. The Morgan fingerprint density at radius 1 is 1.00 bits per heavy atom. The predicted molar refractivity (Wildman–Crippen MR) is 111 cm³/mol. The highest BCUT2D eigenvalue weighted by atomic mass is 16.5. The van der Waals surface area contributed by atoms with Crippen LogP contribution in [0.1, 0.15) is 23.7 Å². The Kier molecular flexibility index (Phi) is 5.43. The molecule has 5 nitrogen and oxygen atoms in total. The van der Waals surface area contributed by atoms with Crippen LogP contribution in [-0.4, -0.2) is 49.2 Å². The van der Waals surface area contributed by atoms with Crippen LogP contribution >= 0.6 is 0 Å². The van der Waals surface area contributed by atoms with Gasteiger partial charge in [-0.3, -0.25) is 4.90 Å². The van der Waals surface area contributed by atoms with Gasteiger partial charge >= 0.3 is 0 Å². The Labute approximate surface area is 161 Å². The Morgan fingerprint density at radius 2 is 1.78 bits per heavy atom. The van der Waals surface area contributed by atoms with Crippen molar-refractivity contribution in [2.45, 2.75) is 12.6 Å². The molecule has 0 aromatic heterocycles. The van der Waals surface area contributed by atoms with Crippen LogP contribution in [0, 0.1) is 0 Å². The second-order valence-electron chi connectivity index (χ2n) is 7.24. The van der Waals surface area contributed by atoms with Gasteiger partial charge in [-0.05, 0) is 46.9 Å². The van der Waals surface area contributed by atoms with Crippen LogP contribution in [0.15, 0.2) is 48.7 Å². The van der Waals surface area contributed by atoms with Gasteiger partial charge in [0.2, 0.25) is 0 Å². The minimum Gasteiger partial charge on any atom is -0.399 e. The third-order valence-corrected chi connectivity index (χ3v) is 5.46. The molecule has 0 spiro atoms. The van der Waals surface area contributed by atoms with E-state index in [0.29, 0.717) is 0 Å². The number of morpholine rings is 1. The molecule has 2 heterocycles. The molecule has 1 unspecified atom stereocenters. The predicted octanol–water partition coefficient (Wildman–Crippen LogP) is 2.90. The van der Waals surface area contributed by atoms with Crippen molar-refractivity contribution in [1.29, 1.82) is 0 Å². The van der Waals surface area contributed by atoms with Gasteiger partial charge in [0.25, 0.3) is 0 Å². The zero-order chi connectivity index (χ0) is 18.6. The van der Waals surface area contributed by atoms with E-state index in [1.165, 1.54) is 22.3 Å². The molecule has 4 rings (SSSR count). The van der Waals surface area contributed by atoms with Crippen molar-refractivity contribution in [3.8, 4) is 11.1 Å². The minimum absolute atomic E-state index is 0.108. The number of rotatable bonds is 5. The number of fused-ring (bicyclic) bond motifs is 1. The van der Waals surface area contributed by atoms with E-state index in [1.54, 1.807) is 0 Å². The number of hydrogen-bond donors (Lipinski definition) is 2. The molecule has 0 radical (unpaired) electrons. The monoisotopic (exact) mass is 364 g/mol.